The van der Waals surface area contributed by atoms with Gasteiger partial charge in [-0.05, 0) is 35.7 Å². The monoisotopic (exact) mass is 623 g/mol. The van der Waals surface area contributed by atoms with Crippen LogP contribution in [0.4, 0.5) is 10.9 Å². The molecule has 3 atom stereocenters. The van der Waals surface area contributed by atoms with Crippen LogP contribution in [-0.2, 0) is 31.1 Å². The number of hydrogen-bond acceptors (Lipinski definition) is 13. The number of aryl methyl sites for hydroxylation is 1. The maximum atomic E-state index is 13.3. The van der Waals surface area contributed by atoms with Gasteiger partial charge in [-0.25, -0.2) is 19.1 Å². The molecule has 1 fully saturated rings. The van der Waals surface area contributed by atoms with Crippen LogP contribution in [0.3, 0.4) is 0 Å². The summed E-state index contributed by atoms with van der Waals surface area (Å²) in [5, 5.41) is 27.3. The zero-order valence-electron chi connectivity index (χ0n) is 22.1. The van der Waals surface area contributed by atoms with E-state index in [0.29, 0.717) is 22.3 Å². The molecule has 0 aliphatic carbocycles. The predicted octanol–water partition coefficient (Wildman–Crippen LogP) is 0.0319. The average Bonchev–Trinajstić information content (AvgIpc) is 3.36. The van der Waals surface area contributed by atoms with Crippen molar-refractivity contribution in [1.82, 2.24) is 20.2 Å². The Morgan fingerprint density at radius 1 is 1.34 bits per heavy atom. The van der Waals surface area contributed by atoms with E-state index in [1.807, 2.05) is 0 Å². The van der Waals surface area contributed by atoms with Crippen molar-refractivity contribution in [2.24, 2.45) is 12.2 Å². The number of carboxylic acid groups (broad SMARTS) is 2. The molecule has 0 aromatic carbocycles. The predicted molar refractivity (Wildman–Crippen MR) is 151 cm³/mol. The van der Waals surface area contributed by atoms with Gasteiger partial charge in [-0.2, -0.15) is 0 Å². The summed E-state index contributed by atoms with van der Waals surface area (Å²) < 4.78 is 1.75. The van der Waals surface area contributed by atoms with Crippen LogP contribution in [0.15, 0.2) is 39.2 Å². The largest absolute Gasteiger partial charge is 0.478 e. The van der Waals surface area contributed by atoms with Gasteiger partial charge in [-0.15, -0.1) is 23.1 Å². The van der Waals surface area contributed by atoms with Gasteiger partial charge in [0.25, 0.3) is 11.8 Å². The first kappa shape index (κ1) is 30.1. The number of hydrogen-bond donors (Lipinski definition) is 5. The number of aromatic nitrogens is 3. The second-order valence-corrected chi connectivity index (χ2v) is 12.1. The highest BCUT2D eigenvalue weighted by Gasteiger charge is 2.54. The molecule has 0 radical (unpaired) electrons. The molecule has 0 spiro atoms. The summed E-state index contributed by atoms with van der Waals surface area (Å²) in [6.45, 7) is 2.88. The van der Waals surface area contributed by atoms with Crippen molar-refractivity contribution in [2.45, 2.75) is 42.4 Å². The highest BCUT2D eigenvalue weighted by Crippen LogP contribution is 2.41. The number of oxime groups is 1. The quantitative estimate of drug-likeness (QED) is 0.0557. The molecular weight excluding hydrogens is 597 g/mol. The summed E-state index contributed by atoms with van der Waals surface area (Å²) in [6, 6.07) is 0.572. The minimum absolute atomic E-state index is 0.0301. The number of thiazole rings is 1. The summed E-state index contributed by atoms with van der Waals surface area (Å²) in [5.74, 6) is -3.16. The minimum atomic E-state index is -1.72. The molecule has 2 aliphatic heterocycles. The average molecular weight is 624 g/mol. The van der Waals surface area contributed by atoms with E-state index in [9.17, 15) is 29.4 Å². The highest BCUT2D eigenvalue weighted by molar-refractivity contribution is 8.01. The lowest BCUT2D eigenvalue weighted by Crippen LogP contribution is -2.71. The Morgan fingerprint density at radius 3 is 2.68 bits per heavy atom. The fraction of sp³-hybridized carbons (Fsp3) is 0.391. The third kappa shape index (κ3) is 6.08. The Balaban J connectivity index is 1.53. The second-order valence-electron chi connectivity index (χ2n) is 9.14. The number of aliphatic carboxylic acids is 2. The molecule has 4 rings (SSSR count). The van der Waals surface area contributed by atoms with Crippen molar-refractivity contribution in [3.8, 4) is 0 Å². The van der Waals surface area contributed by atoms with Gasteiger partial charge in [0, 0.05) is 23.0 Å². The van der Waals surface area contributed by atoms with Gasteiger partial charge in [0.05, 0.1) is 13.2 Å². The lowest BCUT2D eigenvalue weighted by atomic mass is 10.0. The highest BCUT2D eigenvalue weighted by atomic mass is 32.2. The van der Waals surface area contributed by atoms with Crippen LogP contribution in [0.2, 0.25) is 0 Å². The van der Waals surface area contributed by atoms with Crippen molar-refractivity contribution in [3.63, 3.8) is 0 Å². The number of β-lactam (4-membered cyclic amide) rings is 1. The fourth-order valence-electron chi connectivity index (χ4n) is 3.77. The van der Waals surface area contributed by atoms with E-state index in [0.717, 1.165) is 16.2 Å². The first-order chi connectivity index (χ1) is 19.4. The maximum Gasteiger partial charge on any atom is 0.361 e. The van der Waals surface area contributed by atoms with Gasteiger partial charge in [-0.3, -0.25) is 14.5 Å². The molecule has 18 heteroatoms. The number of anilines is 2. The smallest absolute Gasteiger partial charge is 0.361 e. The van der Waals surface area contributed by atoms with Crippen molar-refractivity contribution < 1.29 is 38.8 Å². The van der Waals surface area contributed by atoms with Crippen LogP contribution < -0.4 is 21.4 Å². The molecular formula is C23H27N8O7S3+. The third-order valence-corrected chi connectivity index (χ3v) is 9.50. The van der Waals surface area contributed by atoms with Crippen LogP contribution in [0.25, 0.3) is 0 Å². The summed E-state index contributed by atoms with van der Waals surface area (Å²) in [7, 11) is 1.78. The van der Waals surface area contributed by atoms with E-state index in [1.165, 1.54) is 35.8 Å². The number of carboxylic acids is 2. The van der Waals surface area contributed by atoms with Crippen molar-refractivity contribution >= 4 is 75.3 Å². The van der Waals surface area contributed by atoms with E-state index in [-0.39, 0.29) is 34.4 Å². The SMILES string of the molecule is CCC(C)(O/N=C(\C(=O)NC1C(=O)N2C(C(=O)O)=C(CSc3nc(N)cc[n+]3C)CS[C@H]12)c1csc(N)n1)C(=O)O. The lowest BCUT2D eigenvalue weighted by Gasteiger charge is -2.49. The number of carbonyl (C=O) groups excluding carboxylic acids is 2. The van der Waals surface area contributed by atoms with E-state index < -0.39 is 40.8 Å². The Hall–Kier alpha value is -3.90. The van der Waals surface area contributed by atoms with Crippen molar-refractivity contribution in [2.75, 3.05) is 23.0 Å². The van der Waals surface area contributed by atoms with Gasteiger partial charge < -0.3 is 31.8 Å². The molecule has 2 amide bonds. The van der Waals surface area contributed by atoms with E-state index in [4.69, 9.17) is 16.3 Å². The molecule has 218 valence electrons. The number of amides is 2. The van der Waals surface area contributed by atoms with Gasteiger partial charge in [0.15, 0.2) is 10.8 Å². The van der Waals surface area contributed by atoms with Crippen molar-refractivity contribution in [3.05, 3.63) is 34.6 Å². The maximum absolute atomic E-state index is 13.3. The van der Waals surface area contributed by atoms with E-state index in [1.54, 1.807) is 30.8 Å². The Kier molecular flexibility index (Phi) is 8.74. The molecule has 41 heavy (non-hydrogen) atoms. The first-order valence-corrected chi connectivity index (χ1v) is 14.9. The van der Waals surface area contributed by atoms with Gasteiger partial charge in [0.1, 0.15) is 22.8 Å². The molecule has 2 unspecified atom stereocenters. The minimum Gasteiger partial charge on any atom is -0.478 e. The molecule has 7 N–H and O–H groups in total. The summed E-state index contributed by atoms with van der Waals surface area (Å²) >= 11 is 3.61. The molecule has 0 bridgehead atoms. The number of nitrogen functional groups attached to an aromatic ring is 2. The summed E-state index contributed by atoms with van der Waals surface area (Å²) in [5.41, 5.74) is 9.78. The molecule has 0 saturated carbocycles. The Morgan fingerprint density at radius 2 is 2.07 bits per heavy atom. The fourth-order valence-corrected chi connectivity index (χ4v) is 6.77. The second kappa shape index (κ2) is 11.9. The van der Waals surface area contributed by atoms with E-state index in [2.05, 4.69) is 20.4 Å². The summed E-state index contributed by atoms with van der Waals surface area (Å²) in [6.07, 6.45) is 1.79. The Labute approximate surface area is 246 Å². The number of nitrogens with one attached hydrogen (secondary N) is 1. The Bertz CT molecular complexity index is 1480. The topological polar surface area (TPSA) is 227 Å². The zero-order chi connectivity index (χ0) is 30.1. The van der Waals surface area contributed by atoms with Crippen LogP contribution in [0.5, 0.6) is 0 Å². The van der Waals surface area contributed by atoms with Crippen LogP contribution in [-0.4, -0.2) is 83.1 Å². The van der Waals surface area contributed by atoms with Gasteiger partial charge in [0.2, 0.25) is 11.4 Å². The number of thioether (sulfide) groups is 2. The molecule has 15 nitrogen and oxygen atoms in total. The number of rotatable bonds is 11. The van der Waals surface area contributed by atoms with Crippen LogP contribution in [0, 0.1) is 0 Å². The van der Waals surface area contributed by atoms with Gasteiger partial charge in [-0.1, -0.05) is 12.1 Å². The molecule has 1 saturated heterocycles. The number of fused-ring (bicyclic) bond motifs is 1. The van der Waals surface area contributed by atoms with Gasteiger partial charge >= 0.3 is 17.1 Å². The van der Waals surface area contributed by atoms with E-state index >= 15 is 0 Å². The first-order valence-electron chi connectivity index (χ1n) is 12.0. The molecule has 2 aromatic heterocycles. The number of nitrogens with two attached hydrogens (primary N) is 2. The standard InChI is InChI=1S/C23H26N8O7S3/c1-4-23(2,20(36)37)38-29-13(11-9-40-21(25)26-11)16(32)28-14-17(33)31-15(19(34)35)10(7-39-18(14)31)8-41-22-27-12(24)5-6-30(22)3/h5-6,9,14,18,24H,4,7-8H2,1-3H3,(H5,25,26,28,32,34,35,36,37)/p+1/b29-13-/t14?,18-,23?/m1/s1. The van der Waals surface area contributed by atoms with Crippen LogP contribution >= 0.6 is 34.9 Å². The molecule has 4 heterocycles. The lowest BCUT2D eigenvalue weighted by molar-refractivity contribution is -0.713. The number of nitrogens with zero attached hydrogens (tertiary/aromatic N) is 5. The van der Waals surface area contributed by atoms with Crippen molar-refractivity contribution in [1.29, 1.82) is 0 Å². The summed E-state index contributed by atoms with van der Waals surface area (Å²) in [4.78, 5) is 65.0. The van der Waals surface area contributed by atoms with Crippen LogP contribution in [0.1, 0.15) is 26.0 Å². The molecule has 2 aromatic rings. The third-order valence-electron chi connectivity index (χ3n) is 6.35. The normalized spacial score (nSPS) is 20.1. The number of carbonyl (C=O) groups is 4. The zero-order valence-corrected chi connectivity index (χ0v) is 24.5. The molecule has 2 aliphatic rings.